The van der Waals surface area contributed by atoms with Crippen molar-refractivity contribution in [3.8, 4) is 22.9 Å². The van der Waals surface area contributed by atoms with Crippen molar-refractivity contribution < 1.29 is 9.84 Å². The Kier molecular flexibility index (Phi) is 4.43. The fourth-order valence-electron chi connectivity index (χ4n) is 2.31. The van der Waals surface area contributed by atoms with E-state index in [-0.39, 0.29) is 5.75 Å². The molecule has 0 spiro atoms. The van der Waals surface area contributed by atoms with Gasteiger partial charge in [-0.3, -0.25) is 0 Å². The zero-order chi connectivity index (χ0) is 17.1. The zero-order valence-corrected chi connectivity index (χ0v) is 14.0. The molecule has 7 heteroatoms. The topological polar surface area (TPSA) is 75.4 Å². The van der Waals surface area contributed by atoms with Crippen LogP contribution in [0, 0.1) is 11.7 Å². The molecule has 0 amide bonds. The van der Waals surface area contributed by atoms with Crippen LogP contribution < -0.4 is 4.74 Å². The quantitative estimate of drug-likeness (QED) is 0.563. The molecule has 0 aliphatic carbocycles. The van der Waals surface area contributed by atoms with Crippen LogP contribution in [0.4, 0.5) is 0 Å². The number of methoxy groups -OCH3 is 1. The average Bonchev–Trinajstić information content (AvgIpc) is 2.94. The predicted octanol–water partition coefficient (Wildman–Crippen LogP) is 3.51. The molecule has 2 aromatic carbocycles. The molecule has 1 aromatic heterocycles. The highest BCUT2D eigenvalue weighted by Crippen LogP contribution is 2.26. The number of nitrogens with zero attached hydrogens (tertiary/aromatic N) is 3. The smallest absolute Gasteiger partial charge is 0.216 e. The van der Waals surface area contributed by atoms with Gasteiger partial charge in [-0.2, -0.15) is 14.9 Å². The second kappa shape index (κ2) is 6.67. The van der Waals surface area contributed by atoms with E-state index in [1.807, 2.05) is 31.2 Å². The van der Waals surface area contributed by atoms with Gasteiger partial charge < -0.3 is 9.84 Å². The maximum absolute atomic E-state index is 9.84. The van der Waals surface area contributed by atoms with E-state index < -0.39 is 0 Å². The fraction of sp³-hybridized carbons (Fsp3) is 0.118. The van der Waals surface area contributed by atoms with Crippen LogP contribution in [0.3, 0.4) is 0 Å². The van der Waals surface area contributed by atoms with Gasteiger partial charge in [-0.05, 0) is 48.5 Å². The Hall–Kier alpha value is -2.93. The summed E-state index contributed by atoms with van der Waals surface area (Å²) in [4.78, 5) is 0. The summed E-state index contributed by atoms with van der Waals surface area (Å²) in [5.74, 6) is 1.09. The lowest BCUT2D eigenvalue weighted by molar-refractivity contribution is 0.373. The van der Waals surface area contributed by atoms with Crippen LogP contribution in [0.5, 0.6) is 11.5 Å². The molecule has 24 heavy (non-hydrogen) atoms. The number of H-pyrrole nitrogens is 1. The Morgan fingerprint density at radius 1 is 1.29 bits per heavy atom. The van der Waals surface area contributed by atoms with E-state index >= 15 is 0 Å². The Bertz CT molecular complexity index is 959. The number of aromatic hydroxyl groups is 1. The maximum atomic E-state index is 9.84. The molecule has 3 rings (SSSR count). The van der Waals surface area contributed by atoms with E-state index in [1.54, 1.807) is 29.1 Å². The van der Waals surface area contributed by atoms with Gasteiger partial charge in [-0.1, -0.05) is 24.3 Å². The van der Waals surface area contributed by atoms with E-state index in [0.717, 1.165) is 11.1 Å². The van der Waals surface area contributed by atoms with Crippen LogP contribution in [0.1, 0.15) is 11.1 Å². The summed E-state index contributed by atoms with van der Waals surface area (Å²) in [6, 6.07) is 12.9. The molecule has 3 aromatic rings. The maximum Gasteiger partial charge on any atom is 0.216 e. The van der Waals surface area contributed by atoms with Gasteiger partial charge in [-0.15, -0.1) is 0 Å². The minimum atomic E-state index is 0.0522. The van der Waals surface area contributed by atoms with Crippen LogP contribution in [-0.4, -0.2) is 33.3 Å². The van der Waals surface area contributed by atoms with Crippen LogP contribution in [0.2, 0.25) is 0 Å². The van der Waals surface area contributed by atoms with Gasteiger partial charge in [0.05, 0.1) is 13.3 Å². The molecular formula is C17H16N4O2S. The molecule has 1 heterocycles. The van der Waals surface area contributed by atoms with E-state index in [2.05, 4.69) is 15.3 Å². The second-order valence-corrected chi connectivity index (χ2v) is 5.54. The first kappa shape index (κ1) is 15.9. The number of nitrogens with one attached hydrogen (secondary N) is 1. The standard InChI is InChI=1S/C17H16N4O2S/c1-11-5-3-4-6-13(11)16-19-20-17(24)21(16)18-10-12-7-8-15(23-2)14(22)9-12/h3-10,22H,1-2H3,(H,20,24)/b18-10-. The lowest BCUT2D eigenvalue weighted by Gasteiger charge is -2.05. The molecule has 6 nitrogen and oxygen atoms in total. The van der Waals surface area contributed by atoms with E-state index in [0.29, 0.717) is 21.9 Å². The van der Waals surface area contributed by atoms with Crippen molar-refractivity contribution in [1.29, 1.82) is 0 Å². The predicted molar refractivity (Wildman–Crippen MR) is 95.2 cm³/mol. The van der Waals surface area contributed by atoms with Gasteiger partial charge in [0.1, 0.15) is 0 Å². The lowest BCUT2D eigenvalue weighted by Crippen LogP contribution is -1.96. The first-order chi connectivity index (χ1) is 11.6. The van der Waals surface area contributed by atoms with Gasteiger partial charge in [0.2, 0.25) is 4.77 Å². The van der Waals surface area contributed by atoms with Crippen LogP contribution in [0.15, 0.2) is 47.6 Å². The Balaban J connectivity index is 1.99. The molecule has 0 radical (unpaired) electrons. The lowest BCUT2D eigenvalue weighted by atomic mass is 10.1. The Morgan fingerprint density at radius 3 is 2.79 bits per heavy atom. The number of aromatic nitrogens is 3. The summed E-state index contributed by atoms with van der Waals surface area (Å²) in [7, 11) is 1.50. The number of aryl methyl sites for hydroxylation is 1. The number of benzene rings is 2. The molecule has 0 unspecified atom stereocenters. The summed E-state index contributed by atoms with van der Waals surface area (Å²) in [5, 5.41) is 21.3. The van der Waals surface area contributed by atoms with Crippen molar-refractivity contribution in [2.75, 3.05) is 7.11 Å². The Labute approximate surface area is 144 Å². The number of hydrogen-bond donors (Lipinski definition) is 2. The van der Waals surface area contributed by atoms with Gasteiger partial charge in [0, 0.05) is 5.56 Å². The van der Waals surface area contributed by atoms with Gasteiger partial charge in [-0.25, -0.2) is 5.10 Å². The molecule has 2 N–H and O–H groups in total. The van der Waals surface area contributed by atoms with Gasteiger partial charge in [0.15, 0.2) is 17.3 Å². The first-order valence-corrected chi connectivity index (χ1v) is 7.66. The number of hydrogen-bond acceptors (Lipinski definition) is 5. The number of phenolic OH excluding ortho intramolecular Hbond substituents is 1. The van der Waals surface area contributed by atoms with Crippen molar-refractivity contribution in [3.05, 3.63) is 58.4 Å². The van der Waals surface area contributed by atoms with Crippen molar-refractivity contribution in [2.45, 2.75) is 6.92 Å². The third-order valence-corrected chi connectivity index (χ3v) is 3.83. The third kappa shape index (κ3) is 3.07. The first-order valence-electron chi connectivity index (χ1n) is 7.25. The summed E-state index contributed by atoms with van der Waals surface area (Å²) in [5.41, 5.74) is 2.73. The van der Waals surface area contributed by atoms with Crippen molar-refractivity contribution in [2.24, 2.45) is 5.10 Å². The summed E-state index contributed by atoms with van der Waals surface area (Å²) >= 11 is 5.26. The molecule has 0 bridgehead atoms. The van der Waals surface area contributed by atoms with Crippen LogP contribution in [0.25, 0.3) is 11.4 Å². The van der Waals surface area contributed by atoms with E-state index in [9.17, 15) is 5.11 Å². The van der Waals surface area contributed by atoms with Crippen molar-refractivity contribution >= 4 is 18.4 Å². The number of ether oxygens (including phenoxy) is 1. The zero-order valence-electron chi connectivity index (χ0n) is 13.2. The largest absolute Gasteiger partial charge is 0.504 e. The number of rotatable bonds is 4. The second-order valence-electron chi connectivity index (χ2n) is 5.15. The molecule has 0 atom stereocenters. The van der Waals surface area contributed by atoms with E-state index in [1.165, 1.54) is 7.11 Å². The highest BCUT2D eigenvalue weighted by Gasteiger charge is 2.10. The molecule has 0 saturated carbocycles. The molecule has 0 saturated heterocycles. The summed E-state index contributed by atoms with van der Waals surface area (Å²) in [6.07, 6.45) is 1.60. The van der Waals surface area contributed by atoms with Gasteiger partial charge in [0.25, 0.3) is 0 Å². The normalized spacial score (nSPS) is 11.1. The monoisotopic (exact) mass is 340 g/mol. The minimum Gasteiger partial charge on any atom is -0.504 e. The Morgan fingerprint density at radius 2 is 2.08 bits per heavy atom. The highest BCUT2D eigenvalue weighted by molar-refractivity contribution is 7.71. The van der Waals surface area contributed by atoms with Crippen molar-refractivity contribution in [3.63, 3.8) is 0 Å². The third-order valence-electron chi connectivity index (χ3n) is 3.56. The average molecular weight is 340 g/mol. The van der Waals surface area contributed by atoms with Crippen LogP contribution >= 0.6 is 12.2 Å². The molecular weight excluding hydrogens is 324 g/mol. The minimum absolute atomic E-state index is 0.0522. The van der Waals surface area contributed by atoms with E-state index in [4.69, 9.17) is 17.0 Å². The summed E-state index contributed by atoms with van der Waals surface area (Å²) < 4.78 is 6.97. The van der Waals surface area contributed by atoms with Crippen molar-refractivity contribution in [1.82, 2.24) is 14.9 Å². The number of phenols is 1. The molecule has 0 aliphatic rings. The number of aromatic amines is 1. The summed E-state index contributed by atoms with van der Waals surface area (Å²) in [6.45, 7) is 2.00. The molecule has 122 valence electrons. The SMILES string of the molecule is COc1ccc(/C=N\n2c(-c3ccccc3C)n[nH]c2=S)cc1O. The molecule has 0 aliphatic heterocycles. The van der Waals surface area contributed by atoms with Crippen LogP contribution in [-0.2, 0) is 0 Å². The fourth-order valence-corrected chi connectivity index (χ4v) is 2.49. The molecule has 0 fully saturated rings. The van der Waals surface area contributed by atoms with Gasteiger partial charge >= 0.3 is 0 Å². The highest BCUT2D eigenvalue weighted by atomic mass is 32.1.